The average molecular weight is 545 g/mol. The predicted molar refractivity (Wildman–Crippen MR) is 143 cm³/mol. The molecule has 0 saturated heterocycles. The van der Waals surface area contributed by atoms with Gasteiger partial charge in [0.2, 0.25) is 5.91 Å². The summed E-state index contributed by atoms with van der Waals surface area (Å²) in [6.07, 6.45) is 10.2. The molecule has 1 aliphatic rings. The molecule has 1 aliphatic heterocycles. The van der Waals surface area contributed by atoms with Crippen molar-refractivity contribution >= 4 is 35.3 Å². The van der Waals surface area contributed by atoms with E-state index < -0.39 is 12.5 Å². The van der Waals surface area contributed by atoms with Gasteiger partial charge < -0.3 is 20.3 Å². The Balaban J connectivity index is 2.06. The summed E-state index contributed by atoms with van der Waals surface area (Å²) in [5.74, 6) is -0.802. The molecule has 0 spiro atoms. The van der Waals surface area contributed by atoms with Crippen molar-refractivity contribution in [2.75, 3.05) is 25.5 Å². The van der Waals surface area contributed by atoms with Crippen LogP contribution in [0.3, 0.4) is 0 Å². The third kappa shape index (κ3) is 7.16. The largest absolute Gasteiger partial charge is 0.434 e. The van der Waals surface area contributed by atoms with Crippen molar-refractivity contribution in [1.29, 1.82) is 0 Å². The van der Waals surface area contributed by atoms with Crippen molar-refractivity contribution in [1.82, 2.24) is 20.0 Å². The molecule has 0 bridgehead atoms. The molecule has 0 atom stereocenters. The SMILES string of the molecule is C=C/C=N\C(NC)=C(\C=C)C(=O)Nc1cn(CC(=O)N2CC=CCC2)nc1-c1cc(Cl)ccc1OC(F)F. The average Bonchev–Trinajstić information content (AvgIpc) is 3.29. The second-order valence-electron chi connectivity index (χ2n) is 7.89. The number of aliphatic imine (C=N–C) groups is 1. The van der Waals surface area contributed by atoms with E-state index in [2.05, 4.69) is 38.6 Å². The van der Waals surface area contributed by atoms with Gasteiger partial charge in [-0.25, -0.2) is 4.99 Å². The number of rotatable bonds is 11. The maximum absolute atomic E-state index is 13.2. The fourth-order valence-corrected chi connectivity index (χ4v) is 3.84. The number of hydrogen-bond donors (Lipinski definition) is 2. The van der Waals surface area contributed by atoms with Crippen LogP contribution in [-0.4, -0.2) is 59.5 Å². The first-order valence-corrected chi connectivity index (χ1v) is 11.9. The Morgan fingerprint density at radius 2 is 2.11 bits per heavy atom. The number of anilines is 1. The lowest BCUT2D eigenvalue weighted by Gasteiger charge is -2.23. The summed E-state index contributed by atoms with van der Waals surface area (Å²) in [6, 6.07) is 4.05. The quantitative estimate of drug-likeness (QED) is 0.189. The van der Waals surface area contributed by atoms with Gasteiger partial charge in [0.15, 0.2) is 0 Å². The monoisotopic (exact) mass is 544 g/mol. The fraction of sp³-hybridized carbons (Fsp3) is 0.231. The van der Waals surface area contributed by atoms with Crippen LogP contribution in [0.4, 0.5) is 14.5 Å². The topological polar surface area (TPSA) is 101 Å². The molecular weight excluding hydrogens is 518 g/mol. The molecule has 200 valence electrons. The number of amides is 2. The van der Waals surface area contributed by atoms with E-state index in [1.54, 1.807) is 11.9 Å². The Morgan fingerprint density at radius 3 is 2.74 bits per heavy atom. The summed E-state index contributed by atoms with van der Waals surface area (Å²) in [6.45, 7) is 5.03. The molecule has 2 aromatic rings. The zero-order chi connectivity index (χ0) is 27.7. The fourth-order valence-electron chi connectivity index (χ4n) is 3.67. The second-order valence-corrected chi connectivity index (χ2v) is 8.33. The number of carbonyl (C=O) groups is 2. The summed E-state index contributed by atoms with van der Waals surface area (Å²) in [5.41, 5.74) is 0.399. The minimum atomic E-state index is -3.11. The number of benzene rings is 1. The van der Waals surface area contributed by atoms with Crippen molar-refractivity contribution in [3.05, 3.63) is 78.3 Å². The molecule has 9 nitrogen and oxygen atoms in total. The maximum atomic E-state index is 13.2. The van der Waals surface area contributed by atoms with Gasteiger partial charge in [0, 0.05) is 43.1 Å². The summed E-state index contributed by atoms with van der Waals surface area (Å²) < 4.78 is 32.3. The van der Waals surface area contributed by atoms with Gasteiger partial charge in [-0.2, -0.15) is 13.9 Å². The first-order chi connectivity index (χ1) is 18.3. The molecule has 0 saturated carbocycles. The molecule has 0 radical (unpaired) electrons. The van der Waals surface area contributed by atoms with Crippen LogP contribution in [0, 0.1) is 0 Å². The molecule has 0 unspecified atom stereocenters. The minimum absolute atomic E-state index is 0.0758. The molecular formula is C26H27ClF2N6O3. The van der Waals surface area contributed by atoms with Crippen LogP contribution in [0.15, 0.2) is 78.2 Å². The first kappa shape index (κ1) is 28.3. The van der Waals surface area contributed by atoms with Crippen LogP contribution in [0.1, 0.15) is 6.42 Å². The number of nitrogens with one attached hydrogen (secondary N) is 2. The highest BCUT2D eigenvalue weighted by Crippen LogP contribution is 2.37. The second kappa shape index (κ2) is 13.3. The number of alkyl halides is 2. The Labute approximate surface area is 223 Å². The van der Waals surface area contributed by atoms with Crippen LogP contribution in [0.2, 0.25) is 5.02 Å². The number of halogens is 3. The van der Waals surface area contributed by atoms with Crippen molar-refractivity contribution < 1.29 is 23.1 Å². The van der Waals surface area contributed by atoms with Gasteiger partial charge in [0.05, 0.1) is 11.3 Å². The van der Waals surface area contributed by atoms with Gasteiger partial charge in [-0.05, 0) is 24.6 Å². The third-order valence-electron chi connectivity index (χ3n) is 5.38. The Kier molecular flexibility index (Phi) is 9.94. The van der Waals surface area contributed by atoms with E-state index >= 15 is 0 Å². The number of nitrogens with zero attached hydrogens (tertiary/aromatic N) is 4. The number of ether oxygens (including phenoxy) is 1. The van der Waals surface area contributed by atoms with Crippen molar-refractivity contribution in [3.8, 4) is 17.0 Å². The van der Waals surface area contributed by atoms with E-state index in [0.717, 1.165) is 6.42 Å². The van der Waals surface area contributed by atoms with Crippen LogP contribution >= 0.6 is 11.6 Å². The summed E-state index contributed by atoms with van der Waals surface area (Å²) >= 11 is 6.15. The van der Waals surface area contributed by atoms with Crippen molar-refractivity contribution in [2.45, 2.75) is 19.6 Å². The van der Waals surface area contributed by atoms with Crippen molar-refractivity contribution in [2.24, 2.45) is 4.99 Å². The lowest BCUT2D eigenvalue weighted by atomic mass is 10.1. The van der Waals surface area contributed by atoms with Gasteiger partial charge >= 0.3 is 6.61 Å². The van der Waals surface area contributed by atoms with Gasteiger partial charge in [0.1, 0.15) is 23.8 Å². The molecule has 12 heteroatoms. The standard InChI is InChI=1S/C26H27ClF2N6O3/c1-4-11-31-24(30-3)18(5-2)25(37)32-20-15-35(16-22(36)34-12-7-6-8-13-34)33-23(20)19-14-17(27)9-10-21(19)38-26(28)29/h4-7,9-11,14-15,26,30H,1-2,8,12-13,16H2,3H3,(H,32,37)/b24-18-,31-11-. The van der Waals surface area contributed by atoms with E-state index in [1.807, 2.05) is 12.2 Å². The first-order valence-electron chi connectivity index (χ1n) is 11.5. The van der Waals surface area contributed by atoms with Crippen LogP contribution in [0.5, 0.6) is 5.75 Å². The highest BCUT2D eigenvalue weighted by molar-refractivity contribution is 6.31. The molecule has 38 heavy (non-hydrogen) atoms. The van der Waals surface area contributed by atoms with Gasteiger partial charge in [-0.3, -0.25) is 14.3 Å². The molecule has 1 aromatic carbocycles. The predicted octanol–water partition coefficient (Wildman–Crippen LogP) is 4.41. The Bertz CT molecular complexity index is 1300. The Hall–Kier alpha value is -4.25. The van der Waals surface area contributed by atoms with Gasteiger partial charge in [-0.15, -0.1) is 0 Å². The number of allylic oxidation sites excluding steroid dienone is 1. The Morgan fingerprint density at radius 1 is 1.32 bits per heavy atom. The van der Waals surface area contributed by atoms with Crippen molar-refractivity contribution in [3.63, 3.8) is 0 Å². The lowest BCUT2D eigenvalue weighted by molar-refractivity contribution is -0.131. The summed E-state index contributed by atoms with van der Waals surface area (Å²) in [5, 5.41) is 10.2. The number of hydrogen-bond acceptors (Lipinski definition) is 6. The summed E-state index contributed by atoms with van der Waals surface area (Å²) in [4.78, 5) is 31.9. The van der Waals surface area contributed by atoms with E-state index in [1.165, 1.54) is 47.4 Å². The van der Waals surface area contributed by atoms with Crippen LogP contribution in [-0.2, 0) is 16.1 Å². The summed E-state index contributed by atoms with van der Waals surface area (Å²) in [7, 11) is 1.58. The molecule has 2 N–H and O–H groups in total. The maximum Gasteiger partial charge on any atom is 0.387 e. The van der Waals surface area contributed by atoms with E-state index in [-0.39, 0.29) is 51.6 Å². The highest BCUT2D eigenvalue weighted by Gasteiger charge is 2.23. The molecule has 2 amide bonds. The number of aromatic nitrogens is 2. The smallest absolute Gasteiger partial charge is 0.387 e. The van der Waals surface area contributed by atoms with Gasteiger partial charge in [0.25, 0.3) is 5.91 Å². The van der Waals surface area contributed by atoms with Crippen LogP contribution < -0.4 is 15.4 Å². The zero-order valence-corrected chi connectivity index (χ0v) is 21.4. The van der Waals surface area contributed by atoms with E-state index in [4.69, 9.17) is 11.6 Å². The molecule has 0 aliphatic carbocycles. The number of carbonyl (C=O) groups excluding carboxylic acids is 2. The molecule has 0 fully saturated rings. The third-order valence-corrected chi connectivity index (χ3v) is 5.62. The minimum Gasteiger partial charge on any atom is -0.434 e. The lowest BCUT2D eigenvalue weighted by Crippen LogP contribution is -2.36. The highest BCUT2D eigenvalue weighted by atomic mass is 35.5. The zero-order valence-electron chi connectivity index (χ0n) is 20.7. The normalized spacial score (nSPS) is 13.9. The molecule has 1 aromatic heterocycles. The van der Waals surface area contributed by atoms with E-state index in [9.17, 15) is 18.4 Å². The molecule has 3 rings (SSSR count). The molecule has 2 heterocycles. The van der Waals surface area contributed by atoms with E-state index in [0.29, 0.717) is 13.1 Å². The van der Waals surface area contributed by atoms with Gasteiger partial charge in [-0.1, -0.05) is 49.1 Å². The van der Waals surface area contributed by atoms with Crippen LogP contribution in [0.25, 0.3) is 11.3 Å².